The molecule has 4 nitrogen and oxygen atoms in total. The summed E-state index contributed by atoms with van der Waals surface area (Å²) >= 11 is 0. The Kier molecular flexibility index (Phi) is 7.72. The summed E-state index contributed by atoms with van der Waals surface area (Å²) in [5.41, 5.74) is -0.889. The van der Waals surface area contributed by atoms with Crippen LogP contribution in [-0.2, 0) is 9.47 Å². The quantitative estimate of drug-likeness (QED) is 0.693. The van der Waals surface area contributed by atoms with Crippen LogP contribution in [-0.4, -0.2) is 54.2 Å². The van der Waals surface area contributed by atoms with Crippen LogP contribution in [0.25, 0.3) is 0 Å². The van der Waals surface area contributed by atoms with Gasteiger partial charge in [-0.05, 0) is 53.1 Å². The summed E-state index contributed by atoms with van der Waals surface area (Å²) in [6.45, 7) is 14.2. The van der Waals surface area contributed by atoms with Crippen LogP contribution in [0.1, 0.15) is 53.9 Å². The molecule has 4 heteroatoms. The van der Waals surface area contributed by atoms with Crippen molar-refractivity contribution in [1.82, 2.24) is 4.90 Å². The number of ether oxygens (including phenoxy) is 2. The SMILES string of the molecule is C=CCC(OC1OC(C)CC(N(C)C)C1C)C(C)(O)CC(C)C. The molecule has 1 rings (SSSR count). The Labute approximate surface area is 142 Å². The zero-order valence-electron chi connectivity index (χ0n) is 16.1. The highest BCUT2D eigenvalue weighted by molar-refractivity contribution is 4.91. The third-order valence-corrected chi connectivity index (χ3v) is 4.83. The standard InChI is InChI=1S/C19H37NO3/c1-9-10-17(19(6,21)12-13(2)3)23-18-15(5)16(20(7)8)11-14(4)22-18/h9,13-18,21H,1,10-12H2,2-8H3. The number of aliphatic hydroxyl groups is 1. The lowest BCUT2D eigenvalue weighted by Crippen LogP contribution is -2.53. The highest BCUT2D eigenvalue weighted by Gasteiger charge is 2.41. The minimum Gasteiger partial charge on any atom is -0.387 e. The van der Waals surface area contributed by atoms with E-state index in [1.54, 1.807) is 0 Å². The van der Waals surface area contributed by atoms with Gasteiger partial charge in [0.05, 0.1) is 17.8 Å². The third-order valence-electron chi connectivity index (χ3n) is 4.83. The predicted octanol–water partition coefficient (Wildman–Crippen LogP) is 3.45. The van der Waals surface area contributed by atoms with Gasteiger partial charge < -0.3 is 19.5 Å². The summed E-state index contributed by atoms with van der Waals surface area (Å²) in [6.07, 6.45) is 3.69. The first-order chi connectivity index (χ1) is 10.6. The highest BCUT2D eigenvalue weighted by atomic mass is 16.7. The van der Waals surface area contributed by atoms with Crippen molar-refractivity contribution in [1.29, 1.82) is 0 Å². The Morgan fingerprint density at radius 1 is 1.39 bits per heavy atom. The summed E-state index contributed by atoms with van der Waals surface area (Å²) in [5, 5.41) is 10.9. The molecule has 0 aromatic rings. The van der Waals surface area contributed by atoms with Gasteiger partial charge in [-0.25, -0.2) is 0 Å². The summed E-state index contributed by atoms with van der Waals surface area (Å²) in [4.78, 5) is 2.24. The lowest BCUT2D eigenvalue weighted by Gasteiger charge is -2.45. The Morgan fingerprint density at radius 2 is 2.00 bits per heavy atom. The van der Waals surface area contributed by atoms with Gasteiger partial charge in [-0.1, -0.05) is 26.8 Å². The van der Waals surface area contributed by atoms with Crippen molar-refractivity contribution in [3.8, 4) is 0 Å². The van der Waals surface area contributed by atoms with Crippen LogP contribution in [0, 0.1) is 11.8 Å². The van der Waals surface area contributed by atoms with Gasteiger partial charge in [0.25, 0.3) is 0 Å². The van der Waals surface area contributed by atoms with Gasteiger partial charge in [0, 0.05) is 12.0 Å². The molecular weight excluding hydrogens is 290 g/mol. The number of rotatable bonds is 8. The summed E-state index contributed by atoms with van der Waals surface area (Å²) in [7, 11) is 4.21. The molecule has 1 aliphatic rings. The second kappa shape index (κ2) is 8.61. The Bertz CT molecular complexity index is 368. The molecule has 1 saturated heterocycles. The van der Waals surface area contributed by atoms with Crippen LogP contribution >= 0.6 is 0 Å². The minimum atomic E-state index is -0.889. The molecule has 6 unspecified atom stereocenters. The monoisotopic (exact) mass is 327 g/mol. The molecule has 0 amide bonds. The van der Waals surface area contributed by atoms with Gasteiger partial charge in [0.1, 0.15) is 0 Å². The third kappa shape index (κ3) is 5.86. The van der Waals surface area contributed by atoms with E-state index in [-0.39, 0.29) is 24.4 Å². The Hall–Kier alpha value is -0.420. The molecule has 136 valence electrons. The molecule has 0 bridgehead atoms. The normalized spacial score (nSPS) is 32.8. The van der Waals surface area contributed by atoms with Gasteiger partial charge >= 0.3 is 0 Å². The number of nitrogens with zero attached hydrogens (tertiary/aromatic N) is 1. The molecule has 1 fully saturated rings. The molecule has 6 atom stereocenters. The first-order valence-corrected chi connectivity index (χ1v) is 8.89. The Morgan fingerprint density at radius 3 is 2.48 bits per heavy atom. The number of hydrogen-bond acceptors (Lipinski definition) is 4. The van der Waals surface area contributed by atoms with Crippen LogP contribution in [0.4, 0.5) is 0 Å². The van der Waals surface area contributed by atoms with Gasteiger partial charge in [-0.15, -0.1) is 6.58 Å². The van der Waals surface area contributed by atoms with E-state index < -0.39 is 5.60 Å². The fourth-order valence-electron chi connectivity index (χ4n) is 3.71. The molecule has 0 aliphatic carbocycles. The van der Waals surface area contributed by atoms with E-state index in [4.69, 9.17) is 9.47 Å². The van der Waals surface area contributed by atoms with Gasteiger partial charge in [-0.2, -0.15) is 0 Å². The van der Waals surface area contributed by atoms with Crippen LogP contribution in [0.15, 0.2) is 12.7 Å². The Balaban J connectivity index is 2.87. The molecule has 0 saturated carbocycles. The predicted molar refractivity (Wildman–Crippen MR) is 95.4 cm³/mol. The van der Waals surface area contributed by atoms with Crippen molar-refractivity contribution in [2.75, 3.05) is 14.1 Å². The second-order valence-corrected chi connectivity index (χ2v) is 8.05. The minimum absolute atomic E-state index is 0.156. The van der Waals surface area contributed by atoms with Crippen LogP contribution in [0.2, 0.25) is 0 Å². The van der Waals surface area contributed by atoms with Crippen molar-refractivity contribution in [2.45, 2.75) is 84.0 Å². The fraction of sp³-hybridized carbons (Fsp3) is 0.895. The molecule has 1 heterocycles. The van der Waals surface area contributed by atoms with Crippen molar-refractivity contribution in [2.24, 2.45) is 11.8 Å². The van der Waals surface area contributed by atoms with E-state index in [1.165, 1.54) is 0 Å². The molecular formula is C19H37NO3. The molecule has 1 aliphatic heterocycles. The van der Waals surface area contributed by atoms with Gasteiger partial charge in [-0.3, -0.25) is 0 Å². The number of hydrogen-bond donors (Lipinski definition) is 1. The fourth-order valence-corrected chi connectivity index (χ4v) is 3.71. The van der Waals surface area contributed by atoms with E-state index in [2.05, 4.69) is 53.3 Å². The highest BCUT2D eigenvalue weighted by Crippen LogP contribution is 2.33. The van der Waals surface area contributed by atoms with E-state index >= 15 is 0 Å². The van der Waals surface area contributed by atoms with Gasteiger partial charge in [0.2, 0.25) is 0 Å². The summed E-state index contributed by atoms with van der Waals surface area (Å²) in [6, 6.07) is 0.420. The van der Waals surface area contributed by atoms with Crippen molar-refractivity contribution < 1.29 is 14.6 Å². The first-order valence-electron chi connectivity index (χ1n) is 8.89. The molecule has 0 aromatic carbocycles. The molecule has 0 radical (unpaired) electrons. The van der Waals surface area contributed by atoms with E-state index in [0.29, 0.717) is 24.8 Å². The van der Waals surface area contributed by atoms with Crippen molar-refractivity contribution in [3.05, 3.63) is 12.7 Å². The molecule has 0 spiro atoms. The second-order valence-electron chi connectivity index (χ2n) is 8.05. The maximum Gasteiger partial charge on any atom is 0.162 e. The molecule has 1 N–H and O–H groups in total. The summed E-state index contributed by atoms with van der Waals surface area (Å²) in [5.74, 6) is 0.655. The average Bonchev–Trinajstić information content (AvgIpc) is 2.40. The van der Waals surface area contributed by atoms with E-state index in [0.717, 1.165) is 6.42 Å². The smallest absolute Gasteiger partial charge is 0.162 e. The first kappa shape index (κ1) is 20.6. The largest absolute Gasteiger partial charge is 0.387 e. The lowest BCUT2D eigenvalue weighted by molar-refractivity contribution is -0.270. The maximum atomic E-state index is 10.9. The average molecular weight is 328 g/mol. The van der Waals surface area contributed by atoms with Crippen LogP contribution in [0.3, 0.4) is 0 Å². The lowest BCUT2D eigenvalue weighted by atomic mass is 9.86. The van der Waals surface area contributed by atoms with Crippen molar-refractivity contribution in [3.63, 3.8) is 0 Å². The maximum absolute atomic E-state index is 10.9. The van der Waals surface area contributed by atoms with Crippen LogP contribution in [0.5, 0.6) is 0 Å². The van der Waals surface area contributed by atoms with Crippen molar-refractivity contribution >= 4 is 0 Å². The topological polar surface area (TPSA) is 41.9 Å². The molecule has 0 aromatic heterocycles. The van der Waals surface area contributed by atoms with Crippen LogP contribution < -0.4 is 0 Å². The zero-order valence-corrected chi connectivity index (χ0v) is 16.1. The van der Waals surface area contributed by atoms with E-state index in [9.17, 15) is 5.11 Å². The van der Waals surface area contributed by atoms with E-state index in [1.807, 2.05) is 13.0 Å². The summed E-state index contributed by atoms with van der Waals surface area (Å²) < 4.78 is 12.4. The zero-order chi connectivity index (χ0) is 17.8. The molecule has 23 heavy (non-hydrogen) atoms. The van der Waals surface area contributed by atoms with Gasteiger partial charge in [0.15, 0.2) is 6.29 Å².